The third-order valence-electron chi connectivity index (χ3n) is 3.68. The molecular formula is C20H18ClFN4O2. The van der Waals surface area contributed by atoms with Gasteiger partial charge in [0.1, 0.15) is 11.4 Å². The molecule has 1 amide bonds. The Morgan fingerprint density at radius 1 is 1.18 bits per heavy atom. The van der Waals surface area contributed by atoms with Gasteiger partial charge in [0.2, 0.25) is 0 Å². The van der Waals surface area contributed by atoms with Gasteiger partial charge in [-0.05, 0) is 62.6 Å². The number of benzene rings is 2. The standard InChI is InChI=1S/C20H18ClFN4O2/c1-26(2)12-24-20(27)17-9-10-23-19(25-17)13-3-6-15(7-4-13)28-18-8-5-14(21)11-16(18)22/h3-11H,12H2,1-2H3,(H,24,27). The highest BCUT2D eigenvalue weighted by atomic mass is 35.5. The molecule has 0 atom stereocenters. The van der Waals surface area contributed by atoms with Gasteiger partial charge < -0.3 is 10.1 Å². The number of aromatic nitrogens is 2. The predicted octanol–water partition coefficient (Wildman–Crippen LogP) is 3.98. The highest BCUT2D eigenvalue weighted by molar-refractivity contribution is 6.30. The zero-order valence-corrected chi connectivity index (χ0v) is 16.1. The van der Waals surface area contributed by atoms with E-state index in [2.05, 4.69) is 15.3 Å². The molecule has 0 fully saturated rings. The minimum atomic E-state index is -0.545. The topological polar surface area (TPSA) is 67.4 Å². The van der Waals surface area contributed by atoms with Gasteiger partial charge in [-0.1, -0.05) is 11.6 Å². The molecular weight excluding hydrogens is 383 g/mol. The van der Waals surface area contributed by atoms with Gasteiger partial charge >= 0.3 is 0 Å². The van der Waals surface area contributed by atoms with E-state index in [0.717, 1.165) is 0 Å². The van der Waals surface area contributed by atoms with Crippen molar-refractivity contribution in [2.45, 2.75) is 0 Å². The molecule has 1 heterocycles. The fourth-order valence-corrected chi connectivity index (χ4v) is 2.46. The van der Waals surface area contributed by atoms with E-state index >= 15 is 0 Å². The molecule has 0 aliphatic rings. The van der Waals surface area contributed by atoms with Gasteiger partial charge in [0.05, 0.1) is 6.67 Å². The number of halogens is 2. The average Bonchev–Trinajstić information content (AvgIpc) is 2.69. The number of ether oxygens (including phenoxy) is 1. The van der Waals surface area contributed by atoms with E-state index in [1.807, 2.05) is 19.0 Å². The Balaban J connectivity index is 1.74. The molecule has 144 valence electrons. The molecule has 8 heteroatoms. The van der Waals surface area contributed by atoms with E-state index in [-0.39, 0.29) is 17.4 Å². The van der Waals surface area contributed by atoms with Crippen LogP contribution in [0.15, 0.2) is 54.7 Å². The second-order valence-corrected chi connectivity index (χ2v) is 6.65. The first-order valence-corrected chi connectivity index (χ1v) is 8.79. The van der Waals surface area contributed by atoms with Gasteiger partial charge in [0.25, 0.3) is 5.91 Å². The second kappa shape index (κ2) is 8.77. The summed E-state index contributed by atoms with van der Waals surface area (Å²) in [4.78, 5) is 22.5. The number of nitrogens with zero attached hydrogens (tertiary/aromatic N) is 3. The quantitative estimate of drug-likeness (QED) is 0.634. The van der Waals surface area contributed by atoms with Crippen molar-refractivity contribution in [3.63, 3.8) is 0 Å². The number of nitrogens with one attached hydrogen (secondary N) is 1. The highest BCUT2D eigenvalue weighted by Crippen LogP contribution is 2.28. The Bertz CT molecular complexity index is 980. The van der Waals surface area contributed by atoms with Gasteiger partial charge in [-0.15, -0.1) is 0 Å². The Hall–Kier alpha value is -3.03. The molecule has 2 aromatic carbocycles. The third kappa shape index (κ3) is 5.03. The van der Waals surface area contributed by atoms with Crippen molar-refractivity contribution >= 4 is 17.5 Å². The summed E-state index contributed by atoms with van der Waals surface area (Å²) in [7, 11) is 3.70. The normalized spacial score (nSPS) is 10.8. The largest absolute Gasteiger partial charge is 0.454 e. The number of carbonyl (C=O) groups is 1. The fourth-order valence-electron chi connectivity index (χ4n) is 2.30. The molecule has 1 N–H and O–H groups in total. The molecule has 0 saturated heterocycles. The van der Waals surface area contributed by atoms with Gasteiger partial charge in [0.15, 0.2) is 17.4 Å². The lowest BCUT2D eigenvalue weighted by molar-refractivity contribution is 0.0930. The van der Waals surface area contributed by atoms with Crippen molar-refractivity contribution in [2.24, 2.45) is 0 Å². The number of carbonyl (C=O) groups excluding carboxylic acids is 1. The monoisotopic (exact) mass is 400 g/mol. The maximum absolute atomic E-state index is 13.8. The summed E-state index contributed by atoms with van der Waals surface area (Å²) in [6, 6.07) is 12.6. The fraction of sp³-hybridized carbons (Fsp3) is 0.150. The zero-order valence-electron chi connectivity index (χ0n) is 15.3. The molecule has 0 spiro atoms. The minimum Gasteiger partial charge on any atom is -0.454 e. The van der Waals surface area contributed by atoms with E-state index in [0.29, 0.717) is 28.8 Å². The van der Waals surface area contributed by atoms with Crippen molar-refractivity contribution in [3.8, 4) is 22.9 Å². The van der Waals surface area contributed by atoms with E-state index in [1.54, 1.807) is 36.4 Å². The molecule has 0 aliphatic heterocycles. The summed E-state index contributed by atoms with van der Waals surface area (Å²) in [6.07, 6.45) is 1.53. The van der Waals surface area contributed by atoms with Crippen LogP contribution >= 0.6 is 11.6 Å². The molecule has 1 aromatic heterocycles. The van der Waals surface area contributed by atoms with Crippen LogP contribution in [0.4, 0.5) is 4.39 Å². The summed E-state index contributed by atoms with van der Waals surface area (Å²) >= 11 is 5.74. The molecule has 0 saturated carbocycles. The number of amides is 1. The van der Waals surface area contributed by atoms with Crippen molar-refractivity contribution in [1.29, 1.82) is 0 Å². The Morgan fingerprint density at radius 3 is 2.61 bits per heavy atom. The summed E-state index contributed by atoms with van der Waals surface area (Å²) in [5.41, 5.74) is 0.974. The van der Waals surface area contributed by atoms with E-state index in [1.165, 1.54) is 18.3 Å². The van der Waals surface area contributed by atoms with Crippen LogP contribution in [0.3, 0.4) is 0 Å². The summed E-state index contributed by atoms with van der Waals surface area (Å²) in [5.74, 6) is 0.103. The van der Waals surface area contributed by atoms with E-state index in [4.69, 9.17) is 16.3 Å². The second-order valence-electron chi connectivity index (χ2n) is 6.21. The molecule has 3 aromatic rings. The van der Waals surface area contributed by atoms with Crippen molar-refractivity contribution in [2.75, 3.05) is 20.8 Å². The minimum absolute atomic E-state index is 0.0768. The molecule has 0 radical (unpaired) electrons. The highest BCUT2D eigenvalue weighted by Gasteiger charge is 2.11. The van der Waals surface area contributed by atoms with Gasteiger partial charge in [-0.25, -0.2) is 14.4 Å². The zero-order chi connectivity index (χ0) is 20.1. The van der Waals surface area contributed by atoms with Crippen molar-refractivity contribution in [1.82, 2.24) is 20.2 Å². The van der Waals surface area contributed by atoms with Crippen LogP contribution in [0.1, 0.15) is 10.5 Å². The maximum Gasteiger partial charge on any atom is 0.271 e. The molecule has 0 aliphatic carbocycles. The van der Waals surface area contributed by atoms with Gasteiger partial charge in [0, 0.05) is 16.8 Å². The lowest BCUT2D eigenvalue weighted by Crippen LogP contribution is -2.33. The van der Waals surface area contributed by atoms with Crippen molar-refractivity contribution in [3.05, 3.63) is 71.3 Å². The van der Waals surface area contributed by atoms with Gasteiger partial charge in [-0.2, -0.15) is 0 Å². The van der Waals surface area contributed by atoms with Crippen LogP contribution in [0.25, 0.3) is 11.4 Å². The number of rotatable bonds is 6. The Kier molecular flexibility index (Phi) is 6.18. The van der Waals surface area contributed by atoms with Crippen LogP contribution in [0, 0.1) is 5.82 Å². The average molecular weight is 401 g/mol. The lowest BCUT2D eigenvalue weighted by Gasteiger charge is -2.11. The molecule has 28 heavy (non-hydrogen) atoms. The van der Waals surface area contributed by atoms with Crippen LogP contribution < -0.4 is 10.1 Å². The Labute approximate surface area is 166 Å². The molecule has 3 rings (SSSR count). The van der Waals surface area contributed by atoms with E-state index in [9.17, 15) is 9.18 Å². The summed E-state index contributed by atoms with van der Waals surface area (Å²) in [5, 5.41) is 3.05. The summed E-state index contributed by atoms with van der Waals surface area (Å²) in [6.45, 7) is 0.408. The van der Waals surface area contributed by atoms with E-state index < -0.39 is 5.82 Å². The van der Waals surface area contributed by atoms with Crippen LogP contribution in [0.2, 0.25) is 5.02 Å². The maximum atomic E-state index is 13.8. The first-order valence-electron chi connectivity index (χ1n) is 8.41. The number of hydrogen-bond acceptors (Lipinski definition) is 5. The summed E-state index contributed by atoms with van der Waals surface area (Å²) < 4.78 is 19.4. The third-order valence-corrected chi connectivity index (χ3v) is 3.91. The predicted molar refractivity (Wildman–Crippen MR) is 105 cm³/mol. The lowest BCUT2D eigenvalue weighted by atomic mass is 10.2. The first kappa shape index (κ1) is 19.7. The molecule has 0 bridgehead atoms. The Morgan fingerprint density at radius 2 is 1.93 bits per heavy atom. The molecule has 0 unspecified atom stereocenters. The van der Waals surface area contributed by atoms with Crippen LogP contribution in [0.5, 0.6) is 11.5 Å². The SMILES string of the molecule is CN(C)CNC(=O)c1ccnc(-c2ccc(Oc3ccc(Cl)cc3F)cc2)n1. The van der Waals surface area contributed by atoms with Crippen molar-refractivity contribution < 1.29 is 13.9 Å². The van der Waals surface area contributed by atoms with Crippen LogP contribution in [-0.4, -0.2) is 41.5 Å². The first-order chi connectivity index (χ1) is 13.4. The van der Waals surface area contributed by atoms with Crippen LogP contribution in [-0.2, 0) is 0 Å². The van der Waals surface area contributed by atoms with Gasteiger partial charge in [-0.3, -0.25) is 9.69 Å². The molecule has 6 nitrogen and oxygen atoms in total. The smallest absolute Gasteiger partial charge is 0.271 e. The number of hydrogen-bond donors (Lipinski definition) is 1.